The molecule has 0 amide bonds. The van der Waals surface area contributed by atoms with E-state index in [9.17, 15) is 0 Å². The number of unbranched alkanes of at least 4 members (excludes halogenated alkanes) is 1. The van der Waals surface area contributed by atoms with Crippen LogP contribution in [0.3, 0.4) is 0 Å². The zero-order valence-electron chi connectivity index (χ0n) is 12.4. The molecule has 0 aliphatic rings. The molecule has 0 atom stereocenters. The Labute approximate surface area is 117 Å². The molecule has 0 unspecified atom stereocenters. The number of aliphatic hydroxyl groups is 1. The third kappa shape index (κ3) is 5.62. The van der Waals surface area contributed by atoms with Crippen LogP contribution in [0.25, 0.3) is 0 Å². The molecule has 0 radical (unpaired) electrons. The molecular weight excluding hydrogens is 238 g/mol. The summed E-state index contributed by atoms with van der Waals surface area (Å²) in [5, 5.41) is 12.1. The summed E-state index contributed by atoms with van der Waals surface area (Å²) in [6.45, 7) is 6.63. The molecular formula is C16H27NO2. The Morgan fingerprint density at radius 1 is 1.21 bits per heavy atom. The van der Waals surface area contributed by atoms with E-state index in [1.807, 2.05) is 0 Å². The normalized spacial score (nSPS) is 11.0. The Hall–Kier alpha value is -1.06. The standard InChI is InChI=1S/C16H27NO2/c1-13(2)15-12-14(6-7-16(15)19-3)8-10-17-9-4-5-11-18/h6-7,12-13,17-18H,4-5,8-11H2,1-3H3. The summed E-state index contributed by atoms with van der Waals surface area (Å²) in [5.41, 5.74) is 2.62. The van der Waals surface area contributed by atoms with Crippen molar-refractivity contribution in [1.29, 1.82) is 0 Å². The highest BCUT2D eigenvalue weighted by molar-refractivity contribution is 5.39. The fraction of sp³-hybridized carbons (Fsp3) is 0.625. The molecule has 3 nitrogen and oxygen atoms in total. The lowest BCUT2D eigenvalue weighted by atomic mass is 9.98. The third-order valence-electron chi connectivity index (χ3n) is 3.27. The molecule has 19 heavy (non-hydrogen) atoms. The largest absolute Gasteiger partial charge is 0.496 e. The fourth-order valence-electron chi connectivity index (χ4n) is 2.11. The molecule has 0 fully saturated rings. The first kappa shape index (κ1) is 16.0. The lowest BCUT2D eigenvalue weighted by molar-refractivity contribution is 0.284. The van der Waals surface area contributed by atoms with E-state index in [4.69, 9.17) is 9.84 Å². The van der Waals surface area contributed by atoms with E-state index in [-0.39, 0.29) is 6.61 Å². The van der Waals surface area contributed by atoms with Crippen LogP contribution < -0.4 is 10.1 Å². The van der Waals surface area contributed by atoms with Crippen molar-refractivity contribution in [2.45, 2.75) is 39.0 Å². The SMILES string of the molecule is COc1ccc(CCNCCCCO)cc1C(C)C. The summed E-state index contributed by atoms with van der Waals surface area (Å²) in [6, 6.07) is 6.45. The van der Waals surface area contributed by atoms with E-state index < -0.39 is 0 Å². The van der Waals surface area contributed by atoms with Crippen LogP contribution >= 0.6 is 0 Å². The van der Waals surface area contributed by atoms with Gasteiger partial charge >= 0.3 is 0 Å². The van der Waals surface area contributed by atoms with Gasteiger partial charge in [-0.15, -0.1) is 0 Å². The van der Waals surface area contributed by atoms with Crippen LogP contribution in [0.1, 0.15) is 43.7 Å². The fourth-order valence-corrected chi connectivity index (χ4v) is 2.11. The minimum Gasteiger partial charge on any atom is -0.496 e. The van der Waals surface area contributed by atoms with Gasteiger partial charge in [0.25, 0.3) is 0 Å². The van der Waals surface area contributed by atoms with Gasteiger partial charge in [-0.1, -0.05) is 26.0 Å². The smallest absolute Gasteiger partial charge is 0.122 e. The highest BCUT2D eigenvalue weighted by Crippen LogP contribution is 2.27. The van der Waals surface area contributed by atoms with Gasteiger partial charge in [-0.05, 0) is 55.5 Å². The van der Waals surface area contributed by atoms with Crippen LogP contribution in [-0.4, -0.2) is 31.9 Å². The zero-order valence-corrected chi connectivity index (χ0v) is 12.4. The van der Waals surface area contributed by atoms with Crippen molar-refractivity contribution in [2.75, 3.05) is 26.8 Å². The maximum Gasteiger partial charge on any atom is 0.122 e. The molecule has 1 rings (SSSR count). The number of rotatable bonds is 9. The van der Waals surface area contributed by atoms with Crippen LogP contribution in [0, 0.1) is 0 Å². The third-order valence-corrected chi connectivity index (χ3v) is 3.27. The van der Waals surface area contributed by atoms with Crippen LogP contribution in [0.15, 0.2) is 18.2 Å². The number of nitrogens with one attached hydrogen (secondary N) is 1. The molecule has 0 aliphatic heterocycles. The van der Waals surface area contributed by atoms with Crippen molar-refractivity contribution >= 4 is 0 Å². The highest BCUT2D eigenvalue weighted by atomic mass is 16.5. The number of hydrogen-bond acceptors (Lipinski definition) is 3. The van der Waals surface area contributed by atoms with Gasteiger partial charge in [0, 0.05) is 6.61 Å². The monoisotopic (exact) mass is 265 g/mol. The number of methoxy groups -OCH3 is 1. The molecule has 2 N–H and O–H groups in total. The predicted octanol–water partition coefficient (Wildman–Crippen LogP) is 2.72. The molecule has 108 valence electrons. The van der Waals surface area contributed by atoms with Gasteiger partial charge in [0.05, 0.1) is 7.11 Å². The van der Waals surface area contributed by atoms with Crippen molar-refractivity contribution in [1.82, 2.24) is 5.32 Å². The maximum atomic E-state index is 8.69. The summed E-state index contributed by atoms with van der Waals surface area (Å²) in [7, 11) is 1.73. The number of hydrogen-bond donors (Lipinski definition) is 2. The Balaban J connectivity index is 2.44. The van der Waals surface area contributed by atoms with Gasteiger partial charge in [-0.2, -0.15) is 0 Å². The summed E-state index contributed by atoms with van der Waals surface area (Å²) >= 11 is 0. The van der Waals surface area contributed by atoms with Gasteiger partial charge in [0.1, 0.15) is 5.75 Å². The first-order valence-corrected chi connectivity index (χ1v) is 7.17. The van der Waals surface area contributed by atoms with Gasteiger partial charge in [-0.3, -0.25) is 0 Å². The lowest BCUT2D eigenvalue weighted by Gasteiger charge is -2.13. The van der Waals surface area contributed by atoms with Crippen molar-refractivity contribution in [2.24, 2.45) is 0 Å². The minimum absolute atomic E-state index is 0.290. The molecule has 3 heteroatoms. The summed E-state index contributed by atoms with van der Waals surface area (Å²) in [6.07, 6.45) is 2.95. The van der Waals surface area contributed by atoms with E-state index in [0.717, 1.165) is 38.1 Å². The molecule has 0 heterocycles. The average Bonchev–Trinajstić information content (AvgIpc) is 2.42. The number of aliphatic hydroxyl groups excluding tert-OH is 1. The topological polar surface area (TPSA) is 41.5 Å². The average molecular weight is 265 g/mol. The Morgan fingerprint density at radius 3 is 2.63 bits per heavy atom. The highest BCUT2D eigenvalue weighted by Gasteiger charge is 2.07. The van der Waals surface area contributed by atoms with Crippen molar-refractivity contribution in [3.8, 4) is 5.75 Å². The summed E-state index contributed by atoms with van der Waals surface area (Å²) in [4.78, 5) is 0. The predicted molar refractivity (Wildman–Crippen MR) is 80.0 cm³/mol. The first-order valence-electron chi connectivity index (χ1n) is 7.17. The second-order valence-electron chi connectivity index (χ2n) is 5.16. The van der Waals surface area contributed by atoms with Crippen LogP contribution in [0.2, 0.25) is 0 Å². The van der Waals surface area contributed by atoms with Gasteiger partial charge < -0.3 is 15.2 Å². The van der Waals surface area contributed by atoms with Gasteiger partial charge in [0.15, 0.2) is 0 Å². The summed E-state index contributed by atoms with van der Waals surface area (Å²) in [5.74, 6) is 1.46. The zero-order chi connectivity index (χ0) is 14.1. The molecule has 0 saturated carbocycles. The van der Waals surface area contributed by atoms with Gasteiger partial charge in [0.2, 0.25) is 0 Å². The van der Waals surface area contributed by atoms with Crippen LogP contribution in [0.5, 0.6) is 5.75 Å². The van der Waals surface area contributed by atoms with Crippen molar-refractivity contribution in [3.05, 3.63) is 29.3 Å². The van der Waals surface area contributed by atoms with Crippen LogP contribution in [-0.2, 0) is 6.42 Å². The first-order chi connectivity index (χ1) is 9.19. The number of ether oxygens (including phenoxy) is 1. The molecule has 0 aromatic heterocycles. The molecule has 0 spiro atoms. The minimum atomic E-state index is 0.290. The molecule has 0 bridgehead atoms. The molecule has 1 aromatic carbocycles. The van der Waals surface area contributed by atoms with E-state index in [2.05, 4.69) is 37.4 Å². The second-order valence-corrected chi connectivity index (χ2v) is 5.16. The quantitative estimate of drug-likeness (QED) is 0.675. The van der Waals surface area contributed by atoms with Gasteiger partial charge in [-0.25, -0.2) is 0 Å². The number of benzene rings is 1. The Morgan fingerprint density at radius 2 is 2.00 bits per heavy atom. The summed E-state index contributed by atoms with van der Waals surface area (Å²) < 4.78 is 5.39. The Kier molecular flexibility index (Phi) is 7.53. The van der Waals surface area contributed by atoms with E-state index in [1.165, 1.54) is 11.1 Å². The molecule has 1 aromatic rings. The van der Waals surface area contributed by atoms with E-state index in [1.54, 1.807) is 7.11 Å². The van der Waals surface area contributed by atoms with Crippen molar-refractivity contribution < 1.29 is 9.84 Å². The van der Waals surface area contributed by atoms with Crippen LogP contribution in [0.4, 0.5) is 0 Å². The van der Waals surface area contributed by atoms with E-state index in [0.29, 0.717) is 5.92 Å². The second kappa shape index (κ2) is 8.94. The Bertz CT molecular complexity index is 364. The molecule has 0 aliphatic carbocycles. The molecule has 0 saturated heterocycles. The maximum absolute atomic E-state index is 8.69. The van der Waals surface area contributed by atoms with E-state index >= 15 is 0 Å². The van der Waals surface area contributed by atoms with Crippen molar-refractivity contribution in [3.63, 3.8) is 0 Å². The lowest BCUT2D eigenvalue weighted by Crippen LogP contribution is -2.18.